The van der Waals surface area contributed by atoms with E-state index in [-0.39, 0.29) is 22.7 Å². The maximum absolute atomic E-state index is 12.3. The second kappa shape index (κ2) is 6.53. The van der Waals surface area contributed by atoms with Gasteiger partial charge in [-0.25, -0.2) is 0 Å². The number of para-hydroxylation sites is 2. The van der Waals surface area contributed by atoms with Crippen LogP contribution in [0.5, 0.6) is 17.2 Å². The SMILES string of the molecule is O=[N+]([O-])c1ccc(Oc2ccccc2OC(F)(F)F)cc1CO. The first kappa shape index (κ1) is 16.6. The van der Waals surface area contributed by atoms with Gasteiger partial charge in [-0.3, -0.25) is 10.1 Å². The van der Waals surface area contributed by atoms with Crippen molar-refractivity contribution in [3.05, 3.63) is 58.1 Å². The molecule has 0 aliphatic rings. The standard InChI is InChI=1S/C14H10F3NO5/c15-14(16,17)23-13-4-2-1-3-12(13)22-10-5-6-11(18(20)21)9(7-10)8-19/h1-7,19H,8H2. The fourth-order valence-corrected chi connectivity index (χ4v) is 1.80. The highest BCUT2D eigenvalue weighted by molar-refractivity contribution is 5.48. The van der Waals surface area contributed by atoms with E-state index in [0.717, 1.165) is 12.1 Å². The maximum atomic E-state index is 12.3. The van der Waals surface area contributed by atoms with E-state index in [4.69, 9.17) is 9.84 Å². The fraction of sp³-hybridized carbons (Fsp3) is 0.143. The molecule has 1 N–H and O–H groups in total. The fourth-order valence-electron chi connectivity index (χ4n) is 1.80. The van der Waals surface area contributed by atoms with Crippen molar-refractivity contribution in [2.45, 2.75) is 13.0 Å². The van der Waals surface area contributed by atoms with Gasteiger partial charge in [0.2, 0.25) is 0 Å². The zero-order valence-electron chi connectivity index (χ0n) is 11.4. The van der Waals surface area contributed by atoms with Crippen molar-refractivity contribution in [3.8, 4) is 17.2 Å². The minimum absolute atomic E-state index is 0.0258. The highest BCUT2D eigenvalue weighted by atomic mass is 19.4. The molecule has 0 spiro atoms. The van der Waals surface area contributed by atoms with Crippen LogP contribution in [-0.4, -0.2) is 16.4 Å². The van der Waals surface area contributed by atoms with E-state index in [1.807, 2.05) is 0 Å². The van der Waals surface area contributed by atoms with Gasteiger partial charge in [0.25, 0.3) is 5.69 Å². The molecule has 23 heavy (non-hydrogen) atoms. The summed E-state index contributed by atoms with van der Waals surface area (Å²) < 4.78 is 46.1. The molecule has 122 valence electrons. The Hall–Kier alpha value is -2.81. The topological polar surface area (TPSA) is 81.8 Å². The Balaban J connectivity index is 2.31. The van der Waals surface area contributed by atoms with E-state index in [0.29, 0.717) is 0 Å². The van der Waals surface area contributed by atoms with Gasteiger partial charge in [0.1, 0.15) is 5.75 Å². The van der Waals surface area contributed by atoms with Gasteiger partial charge in [-0.1, -0.05) is 12.1 Å². The minimum atomic E-state index is -4.88. The summed E-state index contributed by atoms with van der Waals surface area (Å²) in [5.74, 6) is -0.746. The highest BCUT2D eigenvalue weighted by Crippen LogP contribution is 2.36. The number of rotatable bonds is 5. The van der Waals surface area contributed by atoms with Crippen molar-refractivity contribution in [2.24, 2.45) is 0 Å². The molecule has 2 rings (SSSR count). The maximum Gasteiger partial charge on any atom is 0.573 e. The predicted molar refractivity (Wildman–Crippen MR) is 72.2 cm³/mol. The van der Waals surface area contributed by atoms with E-state index >= 15 is 0 Å². The lowest BCUT2D eigenvalue weighted by Crippen LogP contribution is -2.17. The number of benzene rings is 2. The zero-order valence-corrected chi connectivity index (χ0v) is 11.4. The van der Waals surface area contributed by atoms with Crippen LogP contribution in [0, 0.1) is 10.1 Å². The van der Waals surface area contributed by atoms with E-state index in [9.17, 15) is 23.3 Å². The summed E-state index contributed by atoms with van der Waals surface area (Å²) in [6.45, 7) is -0.617. The van der Waals surface area contributed by atoms with Gasteiger partial charge in [-0.15, -0.1) is 13.2 Å². The quantitative estimate of drug-likeness (QED) is 0.667. The van der Waals surface area contributed by atoms with Gasteiger partial charge < -0.3 is 14.6 Å². The monoisotopic (exact) mass is 329 g/mol. The molecular weight excluding hydrogens is 319 g/mol. The largest absolute Gasteiger partial charge is 0.573 e. The molecule has 2 aromatic carbocycles. The Kier molecular flexibility index (Phi) is 4.70. The molecule has 0 aromatic heterocycles. The number of nitrogens with zero attached hydrogens (tertiary/aromatic N) is 1. The van der Waals surface area contributed by atoms with Crippen LogP contribution in [0.3, 0.4) is 0 Å². The molecule has 6 nitrogen and oxygen atoms in total. The van der Waals surface area contributed by atoms with E-state index in [1.165, 1.54) is 30.3 Å². The molecule has 0 amide bonds. The average molecular weight is 329 g/mol. The van der Waals surface area contributed by atoms with Crippen LogP contribution in [0.15, 0.2) is 42.5 Å². The lowest BCUT2D eigenvalue weighted by Gasteiger charge is -2.14. The van der Waals surface area contributed by atoms with Gasteiger partial charge in [0, 0.05) is 6.07 Å². The van der Waals surface area contributed by atoms with E-state index in [2.05, 4.69) is 4.74 Å². The molecule has 2 aromatic rings. The molecule has 0 saturated carbocycles. The smallest absolute Gasteiger partial charge is 0.453 e. The van der Waals surface area contributed by atoms with Crippen LogP contribution < -0.4 is 9.47 Å². The van der Waals surface area contributed by atoms with Crippen LogP contribution in [0.4, 0.5) is 18.9 Å². The summed E-state index contributed by atoms with van der Waals surface area (Å²) in [6, 6.07) is 8.57. The Morgan fingerprint density at radius 2 is 1.78 bits per heavy atom. The summed E-state index contributed by atoms with van der Waals surface area (Å²) in [4.78, 5) is 10.1. The van der Waals surface area contributed by atoms with Crippen molar-refractivity contribution in [2.75, 3.05) is 0 Å². The first-order valence-corrected chi connectivity index (χ1v) is 6.21. The number of hydrogen-bond acceptors (Lipinski definition) is 5. The molecule has 0 heterocycles. The third-order valence-electron chi connectivity index (χ3n) is 2.72. The van der Waals surface area contributed by atoms with Crippen LogP contribution in [0.1, 0.15) is 5.56 Å². The number of nitro benzene ring substituents is 1. The molecular formula is C14H10F3NO5. The second-order valence-corrected chi connectivity index (χ2v) is 4.30. The number of nitro groups is 1. The number of hydrogen-bond donors (Lipinski definition) is 1. The summed E-state index contributed by atoms with van der Waals surface area (Å²) in [7, 11) is 0. The van der Waals surface area contributed by atoms with E-state index < -0.39 is 23.6 Å². The Labute approximate surface area is 127 Å². The molecule has 0 bridgehead atoms. The van der Waals surface area contributed by atoms with Gasteiger partial charge in [-0.2, -0.15) is 0 Å². The number of aliphatic hydroxyl groups is 1. The van der Waals surface area contributed by atoms with Crippen molar-refractivity contribution in [1.82, 2.24) is 0 Å². The summed E-state index contributed by atoms with van der Waals surface area (Å²) in [5.41, 5.74) is -0.346. The zero-order chi connectivity index (χ0) is 17.0. The van der Waals surface area contributed by atoms with Crippen LogP contribution in [0.25, 0.3) is 0 Å². The molecule has 0 aliphatic heterocycles. The molecule has 0 radical (unpaired) electrons. The Morgan fingerprint density at radius 1 is 1.13 bits per heavy atom. The molecule has 0 fully saturated rings. The highest BCUT2D eigenvalue weighted by Gasteiger charge is 2.32. The van der Waals surface area contributed by atoms with Crippen LogP contribution in [0.2, 0.25) is 0 Å². The number of ether oxygens (including phenoxy) is 2. The Morgan fingerprint density at radius 3 is 2.35 bits per heavy atom. The number of halogens is 3. The average Bonchev–Trinajstić information content (AvgIpc) is 2.47. The van der Waals surface area contributed by atoms with Gasteiger partial charge in [-0.05, 0) is 24.3 Å². The van der Waals surface area contributed by atoms with Gasteiger partial charge >= 0.3 is 6.36 Å². The lowest BCUT2D eigenvalue weighted by atomic mass is 10.2. The predicted octanol–water partition coefficient (Wildman–Crippen LogP) is 3.78. The number of alkyl halides is 3. The van der Waals surface area contributed by atoms with Crippen molar-refractivity contribution in [3.63, 3.8) is 0 Å². The van der Waals surface area contributed by atoms with Gasteiger partial charge in [0.15, 0.2) is 11.5 Å². The summed E-state index contributed by atoms with van der Waals surface area (Å²) >= 11 is 0. The van der Waals surface area contributed by atoms with Crippen LogP contribution in [-0.2, 0) is 6.61 Å². The Bertz CT molecular complexity index is 718. The molecule has 0 saturated heterocycles. The van der Waals surface area contributed by atoms with Crippen LogP contribution >= 0.6 is 0 Å². The lowest BCUT2D eigenvalue weighted by molar-refractivity contribution is -0.385. The molecule has 0 unspecified atom stereocenters. The minimum Gasteiger partial charge on any atom is -0.453 e. The first-order chi connectivity index (χ1) is 10.8. The molecule has 9 heteroatoms. The van der Waals surface area contributed by atoms with Crippen molar-refractivity contribution >= 4 is 5.69 Å². The second-order valence-electron chi connectivity index (χ2n) is 4.30. The van der Waals surface area contributed by atoms with Gasteiger partial charge in [0.05, 0.1) is 17.1 Å². The normalized spacial score (nSPS) is 11.1. The third kappa shape index (κ3) is 4.33. The summed E-state index contributed by atoms with van der Waals surface area (Å²) in [6.07, 6.45) is -4.88. The van der Waals surface area contributed by atoms with Crippen molar-refractivity contribution in [1.29, 1.82) is 0 Å². The molecule has 0 atom stereocenters. The van der Waals surface area contributed by atoms with E-state index in [1.54, 1.807) is 0 Å². The number of aliphatic hydroxyl groups excluding tert-OH is 1. The first-order valence-electron chi connectivity index (χ1n) is 6.21. The summed E-state index contributed by atoms with van der Waals surface area (Å²) in [5, 5.41) is 19.9. The third-order valence-corrected chi connectivity index (χ3v) is 2.72. The molecule has 0 aliphatic carbocycles. The van der Waals surface area contributed by atoms with Crippen molar-refractivity contribution < 1.29 is 32.7 Å².